The first-order valence-corrected chi connectivity index (χ1v) is 11.4. The van der Waals surface area contributed by atoms with Crippen molar-refractivity contribution in [2.24, 2.45) is 0 Å². The van der Waals surface area contributed by atoms with Crippen LogP contribution in [0, 0.1) is 0 Å². The fraction of sp³-hybridized carbons (Fsp3) is 0.636. The number of likely N-dealkylation sites (tertiary alicyclic amines) is 1. The fourth-order valence-corrected chi connectivity index (χ4v) is 5.36. The molecule has 3 fully saturated rings. The van der Waals surface area contributed by atoms with Crippen LogP contribution in [0.4, 0.5) is 13.2 Å². The molecular weight excluding hydrogens is 437 g/mol. The third-order valence-corrected chi connectivity index (χ3v) is 7.21. The number of H-pyrrole nitrogens is 1. The minimum absolute atomic E-state index is 0.0546. The number of ether oxygens (including phenoxy) is 1. The number of aromatic nitrogens is 4. The number of alkyl halides is 3. The van der Waals surface area contributed by atoms with Crippen LogP contribution in [0.25, 0.3) is 0 Å². The molecule has 5 rings (SSSR count). The molecule has 8 nitrogen and oxygen atoms in total. The number of amides is 1. The summed E-state index contributed by atoms with van der Waals surface area (Å²) in [5.74, 6) is -1.14. The molecule has 33 heavy (non-hydrogen) atoms. The van der Waals surface area contributed by atoms with Crippen LogP contribution in [-0.4, -0.2) is 86.4 Å². The van der Waals surface area contributed by atoms with Crippen LogP contribution in [0.5, 0.6) is 0 Å². The Labute approximate surface area is 189 Å². The first-order chi connectivity index (χ1) is 15.8. The summed E-state index contributed by atoms with van der Waals surface area (Å²) in [6.07, 6.45) is -1.74. The van der Waals surface area contributed by atoms with Gasteiger partial charge in [-0.2, -0.15) is 18.4 Å². The zero-order valence-electron chi connectivity index (χ0n) is 18.2. The Morgan fingerprint density at radius 1 is 1.24 bits per heavy atom. The van der Waals surface area contributed by atoms with Gasteiger partial charge < -0.3 is 14.5 Å². The Morgan fingerprint density at radius 2 is 2.00 bits per heavy atom. The monoisotopic (exact) mass is 464 g/mol. The number of carbonyl (C=O) groups excluding carboxylic acids is 1. The summed E-state index contributed by atoms with van der Waals surface area (Å²) in [4.78, 5) is 15.8. The second kappa shape index (κ2) is 8.68. The first kappa shape index (κ1) is 22.3. The highest BCUT2D eigenvalue weighted by Gasteiger charge is 2.57. The third-order valence-electron chi connectivity index (χ3n) is 7.21. The molecule has 178 valence electrons. The molecular formula is C22H27F3N6O2. The number of hydrogen-bond acceptors (Lipinski definition) is 6. The molecule has 1 unspecified atom stereocenters. The van der Waals surface area contributed by atoms with Gasteiger partial charge in [0.15, 0.2) is 5.82 Å². The van der Waals surface area contributed by atoms with Gasteiger partial charge >= 0.3 is 12.1 Å². The van der Waals surface area contributed by atoms with Gasteiger partial charge in [-0.1, -0.05) is 35.5 Å². The van der Waals surface area contributed by atoms with Crippen molar-refractivity contribution in [2.75, 3.05) is 26.2 Å². The van der Waals surface area contributed by atoms with Crippen molar-refractivity contribution in [3.8, 4) is 0 Å². The first-order valence-electron chi connectivity index (χ1n) is 11.4. The molecule has 2 aromatic rings. The van der Waals surface area contributed by atoms with Gasteiger partial charge in [0.05, 0.1) is 18.2 Å². The Balaban J connectivity index is 1.22. The molecule has 2 aliphatic heterocycles. The van der Waals surface area contributed by atoms with Crippen LogP contribution in [0.3, 0.4) is 0 Å². The second-order valence-corrected chi connectivity index (χ2v) is 9.30. The highest BCUT2D eigenvalue weighted by Crippen LogP contribution is 2.49. The van der Waals surface area contributed by atoms with E-state index in [2.05, 4.69) is 25.5 Å². The number of piperidine rings is 1. The summed E-state index contributed by atoms with van der Waals surface area (Å²) in [6.45, 7) is 2.52. The maximum atomic E-state index is 13.5. The highest BCUT2D eigenvalue weighted by molar-refractivity contribution is 5.83. The maximum Gasteiger partial charge on any atom is 0.471 e. The molecule has 1 aromatic heterocycles. The molecule has 1 saturated carbocycles. The molecule has 3 atom stereocenters. The van der Waals surface area contributed by atoms with Crippen LogP contribution in [-0.2, 0) is 16.0 Å². The quantitative estimate of drug-likeness (QED) is 0.706. The Hall–Kier alpha value is -2.53. The number of rotatable bonds is 6. The number of nitrogens with zero attached hydrogens (tertiary/aromatic N) is 5. The molecule has 2 saturated heterocycles. The second-order valence-electron chi connectivity index (χ2n) is 9.30. The van der Waals surface area contributed by atoms with Crippen LogP contribution in [0.1, 0.15) is 43.0 Å². The standard InChI is InChI=1S/C22H27F3N6O2/c23-22(24,25)20(32)31(18-12-17(18)15-4-2-1-3-5-15)16-13-21(33-14-16)7-10-30(11-8-21)9-6-19-26-28-29-27-19/h1-5,16-18H,6-14H2,(H,26,27,28,29)/t16?,17-,18+/m0/s1. The average Bonchev–Trinajstić information content (AvgIpc) is 3.20. The predicted molar refractivity (Wildman–Crippen MR) is 111 cm³/mol. The van der Waals surface area contributed by atoms with E-state index in [1.54, 1.807) is 0 Å². The van der Waals surface area contributed by atoms with Crippen molar-refractivity contribution in [3.63, 3.8) is 0 Å². The van der Waals surface area contributed by atoms with Crippen molar-refractivity contribution >= 4 is 5.91 Å². The summed E-state index contributed by atoms with van der Waals surface area (Å²) in [5.41, 5.74) is 0.514. The summed E-state index contributed by atoms with van der Waals surface area (Å²) in [6, 6.07) is 8.48. The lowest BCUT2D eigenvalue weighted by atomic mass is 9.87. The molecule has 1 amide bonds. The van der Waals surface area contributed by atoms with Gasteiger partial charge in [0, 0.05) is 38.0 Å². The number of nitrogens with one attached hydrogen (secondary N) is 1. The van der Waals surface area contributed by atoms with Crippen molar-refractivity contribution < 1.29 is 22.7 Å². The van der Waals surface area contributed by atoms with Gasteiger partial charge in [0.25, 0.3) is 0 Å². The average molecular weight is 464 g/mol. The van der Waals surface area contributed by atoms with Crippen molar-refractivity contribution in [2.45, 2.75) is 61.9 Å². The molecule has 3 heterocycles. The van der Waals surface area contributed by atoms with E-state index in [0.29, 0.717) is 25.1 Å². The number of benzene rings is 1. The third kappa shape index (κ3) is 4.74. The number of hydrogen-bond donors (Lipinski definition) is 1. The molecule has 1 aliphatic carbocycles. The number of carbonyl (C=O) groups is 1. The Morgan fingerprint density at radius 3 is 2.67 bits per heavy atom. The van der Waals surface area contributed by atoms with Crippen molar-refractivity contribution in [3.05, 3.63) is 41.7 Å². The summed E-state index contributed by atoms with van der Waals surface area (Å²) in [5, 5.41) is 13.9. The lowest BCUT2D eigenvalue weighted by Gasteiger charge is -2.39. The zero-order chi connectivity index (χ0) is 23.1. The number of halogens is 3. The Bertz CT molecular complexity index is 947. The highest BCUT2D eigenvalue weighted by atomic mass is 19.4. The van der Waals surface area contributed by atoms with E-state index in [-0.39, 0.29) is 12.5 Å². The lowest BCUT2D eigenvalue weighted by molar-refractivity contribution is -0.188. The van der Waals surface area contributed by atoms with Crippen molar-refractivity contribution in [1.29, 1.82) is 0 Å². The van der Waals surface area contributed by atoms with E-state index in [9.17, 15) is 18.0 Å². The summed E-state index contributed by atoms with van der Waals surface area (Å²) < 4.78 is 46.6. The molecule has 1 N–H and O–H groups in total. The molecule has 0 radical (unpaired) electrons. The molecule has 1 spiro atoms. The Kier molecular flexibility index (Phi) is 5.86. The van der Waals surface area contributed by atoms with E-state index in [1.165, 1.54) is 0 Å². The summed E-state index contributed by atoms with van der Waals surface area (Å²) in [7, 11) is 0. The van der Waals surface area contributed by atoms with E-state index >= 15 is 0 Å². The lowest BCUT2D eigenvalue weighted by Crippen LogP contribution is -2.50. The minimum Gasteiger partial charge on any atom is -0.373 e. The van der Waals surface area contributed by atoms with Crippen LogP contribution in [0.15, 0.2) is 30.3 Å². The normalized spacial score (nSPS) is 27.1. The smallest absolute Gasteiger partial charge is 0.373 e. The van der Waals surface area contributed by atoms with E-state index in [0.717, 1.165) is 42.9 Å². The fourth-order valence-electron chi connectivity index (χ4n) is 5.36. The van der Waals surface area contributed by atoms with E-state index in [4.69, 9.17) is 4.74 Å². The topological polar surface area (TPSA) is 87.2 Å². The zero-order valence-corrected chi connectivity index (χ0v) is 18.2. The van der Waals surface area contributed by atoms with Gasteiger partial charge in [0.2, 0.25) is 0 Å². The SMILES string of the molecule is O=C(N(C1COC2(CCN(CCc3nn[nH]n3)CC2)C1)[C@@H]1C[C@H]1c1ccccc1)C(F)(F)F. The van der Waals surface area contributed by atoms with Crippen LogP contribution < -0.4 is 0 Å². The summed E-state index contributed by atoms with van der Waals surface area (Å²) >= 11 is 0. The van der Waals surface area contributed by atoms with E-state index in [1.807, 2.05) is 30.3 Å². The van der Waals surface area contributed by atoms with Gasteiger partial charge in [-0.05, 0) is 31.2 Å². The largest absolute Gasteiger partial charge is 0.471 e. The maximum absolute atomic E-state index is 13.5. The van der Waals surface area contributed by atoms with Crippen LogP contribution in [0.2, 0.25) is 0 Å². The molecule has 0 bridgehead atoms. The minimum atomic E-state index is -4.89. The van der Waals surface area contributed by atoms with E-state index < -0.39 is 29.8 Å². The number of tetrazole rings is 1. The van der Waals surface area contributed by atoms with Gasteiger partial charge in [-0.3, -0.25) is 4.79 Å². The predicted octanol–water partition coefficient (Wildman–Crippen LogP) is 2.31. The molecule has 3 aliphatic rings. The molecule has 11 heteroatoms. The van der Waals surface area contributed by atoms with Gasteiger partial charge in [-0.25, -0.2) is 0 Å². The van der Waals surface area contributed by atoms with Crippen molar-refractivity contribution in [1.82, 2.24) is 30.4 Å². The molecule has 1 aromatic carbocycles. The van der Waals surface area contributed by atoms with Gasteiger partial charge in [-0.15, -0.1) is 10.2 Å². The number of aromatic amines is 1. The van der Waals surface area contributed by atoms with Gasteiger partial charge in [0.1, 0.15) is 0 Å². The van der Waals surface area contributed by atoms with Crippen LogP contribution >= 0.6 is 0 Å².